The van der Waals surface area contributed by atoms with Crippen molar-refractivity contribution >= 4 is 29.2 Å². The molecule has 1 aliphatic heterocycles. The lowest BCUT2D eigenvalue weighted by molar-refractivity contribution is -0.133. The lowest BCUT2D eigenvalue weighted by Crippen LogP contribution is -2.54. The number of ether oxygens (including phenoxy) is 1. The largest absolute Gasteiger partial charge is 0.478 e. The first kappa shape index (κ1) is 22.8. The number of carbonyl (C=O) groups excluding carboxylic acids is 2. The van der Waals surface area contributed by atoms with E-state index in [1.165, 1.54) is 41.6 Å². The Hall–Kier alpha value is -4.34. The molecule has 2 N–H and O–H groups in total. The Balaban J connectivity index is 1.65. The summed E-state index contributed by atoms with van der Waals surface area (Å²) in [5, 5.41) is 11.9. The van der Waals surface area contributed by atoms with Crippen LogP contribution in [-0.4, -0.2) is 44.4 Å². The number of carboxylic acid groups (broad SMARTS) is 1. The first-order valence-corrected chi connectivity index (χ1v) is 10.5. The highest BCUT2D eigenvalue weighted by Gasteiger charge is 2.42. The van der Waals surface area contributed by atoms with Crippen molar-refractivity contribution in [3.8, 4) is 11.4 Å². The van der Waals surface area contributed by atoms with E-state index < -0.39 is 28.9 Å². The van der Waals surface area contributed by atoms with E-state index in [0.29, 0.717) is 11.4 Å². The summed E-state index contributed by atoms with van der Waals surface area (Å²) in [6, 6.07) is 13.1. The summed E-state index contributed by atoms with van der Waals surface area (Å²) in [4.78, 5) is 51.7. The Labute approximate surface area is 195 Å². The number of amides is 2. The highest BCUT2D eigenvalue weighted by Crippen LogP contribution is 2.38. The molecule has 34 heavy (non-hydrogen) atoms. The zero-order valence-corrected chi connectivity index (χ0v) is 19.2. The number of hydrogen-bond donors (Lipinski definition) is 2. The van der Waals surface area contributed by atoms with Gasteiger partial charge in [0.2, 0.25) is 5.91 Å². The van der Waals surface area contributed by atoms with E-state index >= 15 is 0 Å². The van der Waals surface area contributed by atoms with Crippen molar-refractivity contribution in [2.75, 3.05) is 16.8 Å². The predicted molar refractivity (Wildman–Crippen MR) is 125 cm³/mol. The van der Waals surface area contributed by atoms with Crippen LogP contribution in [0, 0.1) is 6.92 Å². The molecule has 0 saturated heterocycles. The quantitative estimate of drug-likeness (QED) is 0.598. The van der Waals surface area contributed by atoms with Gasteiger partial charge in [-0.05, 0) is 51.1 Å². The summed E-state index contributed by atoms with van der Waals surface area (Å²) in [5.74, 6) is -2.01. The standard InChI is InChI=1S/C24H24N4O6/c1-14-20(21(30)28(26(14)4)16-8-6-5-7-9-16)25-19(29)13-27-17-11-10-15(22(31)32)12-18(17)34-24(2,3)23(27)33/h5-12H,13H2,1-4H3,(H,25,29)(H,31,32). The maximum Gasteiger partial charge on any atom is 0.335 e. The minimum Gasteiger partial charge on any atom is -0.478 e. The van der Waals surface area contributed by atoms with E-state index in [1.54, 1.807) is 42.9 Å². The topological polar surface area (TPSA) is 123 Å². The molecular weight excluding hydrogens is 440 g/mol. The van der Waals surface area contributed by atoms with Gasteiger partial charge in [0.15, 0.2) is 5.60 Å². The van der Waals surface area contributed by atoms with Crippen molar-refractivity contribution in [1.29, 1.82) is 0 Å². The molecule has 176 valence electrons. The van der Waals surface area contributed by atoms with Gasteiger partial charge in [-0.25, -0.2) is 9.48 Å². The van der Waals surface area contributed by atoms with Gasteiger partial charge in [0.05, 0.1) is 22.6 Å². The number of para-hydroxylation sites is 1. The first-order chi connectivity index (χ1) is 16.0. The zero-order chi connectivity index (χ0) is 24.8. The van der Waals surface area contributed by atoms with Crippen LogP contribution in [0.15, 0.2) is 53.3 Å². The monoisotopic (exact) mass is 464 g/mol. The minimum absolute atomic E-state index is 0.00493. The van der Waals surface area contributed by atoms with Gasteiger partial charge < -0.3 is 15.2 Å². The molecule has 0 saturated carbocycles. The molecule has 0 unspecified atom stereocenters. The summed E-state index contributed by atoms with van der Waals surface area (Å²) >= 11 is 0. The van der Waals surface area contributed by atoms with Gasteiger partial charge in [0, 0.05) is 7.05 Å². The molecule has 2 aromatic carbocycles. The van der Waals surface area contributed by atoms with Crippen LogP contribution in [0.3, 0.4) is 0 Å². The molecule has 2 amide bonds. The summed E-state index contributed by atoms with van der Waals surface area (Å²) in [7, 11) is 1.71. The van der Waals surface area contributed by atoms with Gasteiger partial charge in [-0.1, -0.05) is 18.2 Å². The van der Waals surface area contributed by atoms with Gasteiger partial charge in [-0.3, -0.25) is 24.0 Å². The average Bonchev–Trinajstić information content (AvgIpc) is 2.99. The van der Waals surface area contributed by atoms with Crippen molar-refractivity contribution in [2.24, 2.45) is 7.05 Å². The lowest BCUT2D eigenvalue weighted by atomic mass is 10.0. The molecule has 1 aromatic heterocycles. The molecule has 0 radical (unpaired) electrons. The van der Waals surface area contributed by atoms with Gasteiger partial charge in [0.1, 0.15) is 18.0 Å². The summed E-state index contributed by atoms with van der Waals surface area (Å²) in [5.41, 5.74) is -0.148. The first-order valence-electron chi connectivity index (χ1n) is 10.5. The van der Waals surface area contributed by atoms with Crippen molar-refractivity contribution in [2.45, 2.75) is 26.4 Å². The molecule has 10 nitrogen and oxygen atoms in total. The Morgan fingerprint density at radius 1 is 1.09 bits per heavy atom. The number of nitrogens with zero attached hydrogens (tertiary/aromatic N) is 3. The number of benzene rings is 2. The van der Waals surface area contributed by atoms with Crippen LogP contribution in [-0.2, 0) is 16.6 Å². The summed E-state index contributed by atoms with van der Waals surface area (Å²) in [6.07, 6.45) is 0. The zero-order valence-electron chi connectivity index (χ0n) is 19.2. The summed E-state index contributed by atoms with van der Waals surface area (Å²) in [6.45, 7) is 4.40. The second kappa shape index (κ2) is 8.22. The maximum absolute atomic E-state index is 13.1. The van der Waals surface area contributed by atoms with Crippen LogP contribution < -0.4 is 20.5 Å². The van der Waals surface area contributed by atoms with Crippen molar-refractivity contribution in [1.82, 2.24) is 9.36 Å². The van der Waals surface area contributed by atoms with Gasteiger partial charge >= 0.3 is 5.97 Å². The van der Waals surface area contributed by atoms with Gasteiger partial charge in [-0.2, -0.15) is 0 Å². The Kier molecular flexibility index (Phi) is 5.52. The number of fused-ring (bicyclic) bond motifs is 1. The number of aromatic carboxylic acids is 1. The molecule has 3 aromatic rings. The number of hydrogen-bond acceptors (Lipinski definition) is 5. The van der Waals surface area contributed by atoms with Gasteiger partial charge in [0.25, 0.3) is 11.5 Å². The number of anilines is 2. The molecule has 1 aliphatic rings. The maximum atomic E-state index is 13.1. The third kappa shape index (κ3) is 3.83. The highest BCUT2D eigenvalue weighted by atomic mass is 16.5. The molecule has 0 spiro atoms. The Morgan fingerprint density at radius 3 is 2.41 bits per heavy atom. The average molecular weight is 464 g/mol. The highest BCUT2D eigenvalue weighted by molar-refractivity contribution is 6.08. The van der Waals surface area contributed by atoms with Crippen molar-refractivity contribution < 1.29 is 24.2 Å². The van der Waals surface area contributed by atoms with Gasteiger partial charge in [-0.15, -0.1) is 0 Å². The fourth-order valence-corrected chi connectivity index (χ4v) is 3.90. The molecule has 2 heterocycles. The van der Waals surface area contributed by atoms with Crippen molar-refractivity contribution in [3.05, 3.63) is 70.1 Å². The normalized spacial score (nSPS) is 14.4. The molecule has 0 atom stereocenters. The van der Waals surface area contributed by atoms with Crippen molar-refractivity contribution in [3.63, 3.8) is 0 Å². The third-order valence-electron chi connectivity index (χ3n) is 5.74. The van der Waals surface area contributed by atoms with Crippen LogP contribution in [0.2, 0.25) is 0 Å². The number of aromatic nitrogens is 2. The van der Waals surface area contributed by atoms with E-state index in [1.807, 2.05) is 6.07 Å². The second-order valence-corrected chi connectivity index (χ2v) is 8.48. The number of nitrogens with one attached hydrogen (secondary N) is 1. The Morgan fingerprint density at radius 2 is 1.76 bits per heavy atom. The van der Waals surface area contributed by atoms with E-state index in [-0.39, 0.29) is 29.2 Å². The number of rotatable bonds is 5. The van der Waals surface area contributed by atoms with Crippen LogP contribution in [0.25, 0.3) is 5.69 Å². The smallest absolute Gasteiger partial charge is 0.335 e. The van der Waals surface area contributed by atoms with E-state index in [0.717, 1.165) is 0 Å². The number of carboxylic acids is 1. The third-order valence-corrected chi connectivity index (χ3v) is 5.74. The van der Waals surface area contributed by atoms with Crippen LogP contribution in [0.1, 0.15) is 29.9 Å². The SMILES string of the molecule is Cc1c(NC(=O)CN2C(=O)C(C)(C)Oc3cc(C(=O)O)ccc32)c(=O)n(-c2ccccc2)n1C. The predicted octanol–water partition coefficient (Wildman–Crippen LogP) is 2.33. The minimum atomic E-state index is -1.31. The molecule has 0 aliphatic carbocycles. The summed E-state index contributed by atoms with van der Waals surface area (Å²) < 4.78 is 8.79. The van der Waals surface area contributed by atoms with E-state index in [4.69, 9.17) is 4.74 Å². The Bertz CT molecular complexity index is 1370. The molecule has 0 fully saturated rings. The fourth-order valence-electron chi connectivity index (χ4n) is 3.90. The van der Waals surface area contributed by atoms with E-state index in [2.05, 4.69) is 5.32 Å². The molecule has 4 rings (SSSR count). The lowest BCUT2D eigenvalue weighted by Gasteiger charge is -2.38. The molecule has 0 bridgehead atoms. The van der Waals surface area contributed by atoms with Crippen LogP contribution in [0.5, 0.6) is 5.75 Å². The van der Waals surface area contributed by atoms with E-state index in [9.17, 15) is 24.3 Å². The fraction of sp³-hybridized carbons (Fsp3) is 0.250. The molecule has 10 heteroatoms. The number of carbonyl (C=O) groups is 3. The van der Waals surface area contributed by atoms with Crippen LogP contribution >= 0.6 is 0 Å². The molecular formula is C24H24N4O6. The van der Waals surface area contributed by atoms with Crippen LogP contribution in [0.4, 0.5) is 11.4 Å². The second-order valence-electron chi connectivity index (χ2n) is 8.48.